The van der Waals surface area contributed by atoms with E-state index in [1.807, 2.05) is 0 Å². The Morgan fingerprint density at radius 2 is 2.06 bits per heavy atom. The van der Waals surface area contributed by atoms with E-state index in [0.717, 1.165) is 6.42 Å². The molecule has 3 N–H and O–H groups in total. The molecule has 98 valence electrons. The third-order valence-corrected chi connectivity index (χ3v) is 3.97. The summed E-state index contributed by atoms with van der Waals surface area (Å²) in [6.45, 7) is 2.95. The lowest BCUT2D eigenvalue weighted by Gasteiger charge is -2.42. The first kappa shape index (κ1) is 12.6. The van der Waals surface area contributed by atoms with Crippen molar-refractivity contribution >= 4 is 6.09 Å². The molecule has 0 bridgehead atoms. The molecule has 2 fully saturated rings. The van der Waals surface area contributed by atoms with E-state index >= 15 is 0 Å². The molecule has 1 saturated heterocycles. The molecule has 1 unspecified atom stereocenters. The number of aliphatic hydroxyl groups is 1. The summed E-state index contributed by atoms with van der Waals surface area (Å²) in [5.41, 5.74) is -0.733. The van der Waals surface area contributed by atoms with Crippen LogP contribution in [0.5, 0.6) is 0 Å². The molecule has 17 heavy (non-hydrogen) atoms. The van der Waals surface area contributed by atoms with Gasteiger partial charge in [0.25, 0.3) is 0 Å². The molecule has 0 aromatic carbocycles. The average molecular weight is 242 g/mol. The minimum atomic E-state index is -0.879. The van der Waals surface area contributed by atoms with Crippen molar-refractivity contribution in [2.45, 2.75) is 56.7 Å². The summed E-state index contributed by atoms with van der Waals surface area (Å²) >= 11 is 0. The molecule has 2 aliphatic rings. The fourth-order valence-electron chi connectivity index (χ4n) is 2.62. The summed E-state index contributed by atoms with van der Waals surface area (Å²) in [6.07, 6.45) is 3.49. The number of carboxylic acid groups (broad SMARTS) is 1. The highest BCUT2D eigenvalue weighted by atomic mass is 16.4. The second kappa shape index (κ2) is 4.82. The van der Waals surface area contributed by atoms with Crippen LogP contribution in [0.15, 0.2) is 0 Å². The molecule has 2 rings (SSSR count). The Labute approximate surface area is 102 Å². The first-order valence-electron chi connectivity index (χ1n) is 6.51. The van der Waals surface area contributed by atoms with Gasteiger partial charge in [0, 0.05) is 25.2 Å². The summed E-state index contributed by atoms with van der Waals surface area (Å²) in [4.78, 5) is 12.2. The van der Waals surface area contributed by atoms with Crippen LogP contribution in [0.1, 0.15) is 39.0 Å². The molecule has 1 heterocycles. The Kier molecular flexibility index (Phi) is 3.58. The van der Waals surface area contributed by atoms with Crippen molar-refractivity contribution in [1.82, 2.24) is 10.2 Å². The van der Waals surface area contributed by atoms with E-state index in [-0.39, 0.29) is 6.04 Å². The van der Waals surface area contributed by atoms with Crippen molar-refractivity contribution in [3.05, 3.63) is 0 Å². The van der Waals surface area contributed by atoms with Gasteiger partial charge in [0.15, 0.2) is 0 Å². The van der Waals surface area contributed by atoms with Gasteiger partial charge >= 0.3 is 6.09 Å². The smallest absolute Gasteiger partial charge is 0.407 e. The second-order valence-electron chi connectivity index (χ2n) is 5.27. The van der Waals surface area contributed by atoms with Crippen LogP contribution < -0.4 is 5.32 Å². The van der Waals surface area contributed by atoms with Crippen molar-refractivity contribution in [2.24, 2.45) is 0 Å². The summed E-state index contributed by atoms with van der Waals surface area (Å²) in [6, 6.07) is 0.674. The van der Waals surface area contributed by atoms with Crippen molar-refractivity contribution in [1.29, 1.82) is 0 Å². The molecule has 0 aromatic rings. The molecule has 0 radical (unpaired) electrons. The Balaban J connectivity index is 1.91. The third-order valence-electron chi connectivity index (χ3n) is 3.97. The summed E-state index contributed by atoms with van der Waals surface area (Å²) in [5.74, 6) is 0. The second-order valence-corrected chi connectivity index (χ2v) is 5.27. The summed E-state index contributed by atoms with van der Waals surface area (Å²) < 4.78 is 0. The maximum atomic E-state index is 10.8. The Morgan fingerprint density at radius 3 is 2.47 bits per heavy atom. The van der Waals surface area contributed by atoms with Crippen molar-refractivity contribution in [3.8, 4) is 0 Å². The number of hydrogen-bond donors (Lipinski definition) is 3. The topological polar surface area (TPSA) is 72.8 Å². The number of amides is 1. The first-order chi connectivity index (χ1) is 8.05. The fourth-order valence-corrected chi connectivity index (χ4v) is 2.62. The molecular formula is C12H22N2O3. The minimum Gasteiger partial charge on any atom is -0.465 e. The van der Waals surface area contributed by atoms with Gasteiger partial charge in [-0.05, 0) is 32.1 Å². The predicted molar refractivity (Wildman–Crippen MR) is 64.0 cm³/mol. The Hall–Kier alpha value is -0.810. The standard InChI is InChI=1S/C12H22N2O3/c1-2-10(13-9-3-4-9)12(17)5-7-14(8-6-12)11(15)16/h9-10,13,17H,2-8H2,1H3,(H,15,16). The van der Waals surface area contributed by atoms with E-state index < -0.39 is 11.7 Å². The maximum absolute atomic E-state index is 10.8. The van der Waals surface area contributed by atoms with Gasteiger partial charge in [-0.2, -0.15) is 0 Å². The highest BCUT2D eigenvalue weighted by Gasteiger charge is 2.41. The van der Waals surface area contributed by atoms with E-state index in [4.69, 9.17) is 5.11 Å². The van der Waals surface area contributed by atoms with Crippen LogP contribution in [0, 0.1) is 0 Å². The minimum absolute atomic E-state index is 0.103. The number of nitrogens with one attached hydrogen (secondary N) is 1. The Bertz CT molecular complexity index is 283. The molecule has 1 atom stereocenters. The van der Waals surface area contributed by atoms with E-state index in [1.165, 1.54) is 17.7 Å². The Morgan fingerprint density at radius 1 is 1.47 bits per heavy atom. The van der Waals surface area contributed by atoms with Gasteiger partial charge in [0.1, 0.15) is 0 Å². The van der Waals surface area contributed by atoms with Crippen LogP contribution in [-0.2, 0) is 0 Å². The lowest BCUT2D eigenvalue weighted by Crippen LogP contribution is -2.57. The molecule has 5 heteroatoms. The summed E-state index contributed by atoms with van der Waals surface area (Å²) in [7, 11) is 0. The van der Waals surface area contributed by atoms with Crippen LogP contribution in [0.25, 0.3) is 0 Å². The quantitative estimate of drug-likeness (QED) is 0.688. The molecule has 1 aliphatic carbocycles. The van der Waals surface area contributed by atoms with Gasteiger partial charge in [-0.3, -0.25) is 0 Å². The van der Waals surface area contributed by atoms with Crippen LogP contribution in [0.2, 0.25) is 0 Å². The number of carbonyl (C=O) groups is 1. The van der Waals surface area contributed by atoms with Crippen molar-refractivity contribution in [3.63, 3.8) is 0 Å². The van der Waals surface area contributed by atoms with Crippen LogP contribution in [0.4, 0.5) is 4.79 Å². The van der Waals surface area contributed by atoms with Gasteiger partial charge in [-0.1, -0.05) is 6.92 Å². The molecule has 1 saturated carbocycles. The van der Waals surface area contributed by atoms with E-state index in [1.54, 1.807) is 0 Å². The van der Waals surface area contributed by atoms with Gasteiger partial charge in [0.05, 0.1) is 5.60 Å². The normalized spacial score (nSPS) is 25.6. The molecule has 0 aromatic heterocycles. The zero-order chi connectivity index (χ0) is 12.5. The maximum Gasteiger partial charge on any atom is 0.407 e. The molecular weight excluding hydrogens is 220 g/mol. The van der Waals surface area contributed by atoms with Gasteiger partial charge in [-0.25, -0.2) is 4.79 Å². The molecule has 1 amide bonds. The molecule has 1 aliphatic heterocycles. The van der Waals surface area contributed by atoms with Gasteiger partial charge in [-0.15, -0.1) is 0 Å². The van der Waals surface area contributed by atoms with Gasteiger partial charge in [0.2, 0.25) is 0 Å². The molecule has 0 spiro atoms. The third kappa shape index (κ3) is 2.90. The molecule has 5 nitrogen and oxygen atoms in total. The van der Waals surface area contributed by atoms with E-state index in [9.17, 15) is 9.90 Å². The van der Waals surface area contributed by atoms with Crippen molar-refractivity contribution in [2.75, 3.05) is 13.1 Å². The van der Waals surface area contributed by atoms with Crippen molar-refractivity contribution < 1.29 is 15.0 Å². The average Bonchev–Trinajstić information content (AvgIpc) is 3.10. The number of likely N-dealkylation sites (tertiary alicyclic amines) is 1. The summed E-state index contributed by atoms with van der Waals surface area (Å²) in [5, 5.41) is 23.0. The fraction of sp³-hybridized carbons (Fsp3) is 0.917. The van der Waals surface area contributed by atoms with Crippen LogP contribution in [-0.4, -0.2) is 52.0 Å². The first-order valence-corrected chi connectivity index (χ1v) is 6.51. The van der Waals surface area contributed by atoms with Crippen LogP contribution in [0.3, 0.4) is 0 Å². The lowest BCUT2D eigenvalue weighted by atomic mass is 9.83. The number of hydrogen-bond acceptors (Lipinski definition) is 3. The van der Waals surface area contributed by atoms with Crippen LogP contribution >= 0.6 is 0 Å². The van der Waals surface area contributed by atoms with E-state index in [0.29, 0.717) is 32.0 Å². The highest BCUT2D eigenvalue weighted by Crippen LogP contribution is 2.30. The van der Waals surface area contributed by atoms with E-state index in [2.05, 4.69) is 12.2 Å². The van der Waals surface area contributed by atoms with Gasteiger partial charge < -0.3 is 20.4 Å². The zero-order valence-electron chi connectivity index (χ0n) is 10.4. The number of rotatable bonds is 4. The lowest BCUT2D eigenvalue weighted by molar-refractivity contribution is -0.0473. The SMILES string of the molecule is CCC(NC1CC1)C1(O)CCN(C(=O)O)CC1. The highest BCUT2D eigenvalue weighted by molar-refractivity contribution is 5.65. The largest absolute Gasteiger partial charge is 0.465 e. The zero-order valence-corrected chi connectivity index (χ0v) is 10.4. The number of nitrogens with zero attached hydrogens (tertiary/aromatic N) is 1. The predicted octanol–water partition coefficient (Wildman–Crippen LogP) is 1.02. The number of piperidine rings is 1. The monoisotopic (exact) mass is 242 g/mol.